The summed E-state index contributed by atoms with van der Waals surface area (Å²) in [6.45, 7) is 0.485. The van der Waals surface area contributed by atoms with Gasteiger partial charge in [0.25, 0.3) is 5.91 Å². The van der Waals surface area contributed by atoms with Crippen molar-refractivity contribution in [3.8, 4) is 0 Å². The van der Waals surface area contributed by atoms with Crippen molar-refractivity contribution in [1.82, 2.24) is 10.2 Å². The van der Waals surface area contributed by atoms with Crippen molar-refractivity contribution in [2.75, 3.05) is 0 Å². The average Bonchev–Trinajstić information content (AvgIpc) is 2.83. The number of likely N-dealkylation sites (tertiary alicyclic amines) is 1. The summed E-state index contributed by atoms with van der Waals surface area (Å²) >= 11 is 0. The molecule has 2 bridgehead atoms. The third kappa shape index (κ3) is 2.58. The molecule has 3 aliphatic carbocycles. The fourth-order valence-electron chi connectivity index (χ4n) is 4.22. The first-order valence-electron chi connectivity index (χ1n) is 8.40. The van der Waals surface area contributed by atoms with Gasteiger partial charge in [-0.3, -0.25) is 14.5 Å². The van der Waals surface area contributed by atoms with Crippen LogP contribution in [-0.4, -0.2) is 39.5 Å². The van der Waals surface area contributed by atoms with Crippen LogP contribution in [0.3, 0.4) is 0 Å². The van der Waals surface area contributed by atoms with Crippen LogP contribution in [0.25, 0.3) is 0 Å². The molecular weight excluding hydrogens is 292 g/mol. The summed E-state index contributed by atoms with van der Waals surface area (Å²) in [5.41, 5.74) is 0.949. The molecule has 1 heterocycles. The van der Waals surface area contributed by atoms with E-state index < -0.39 is 24.0 Å². The third-order valence-electron chi connectivity index (χ3n) is 5.63. The highest BCUT2D eigenvalue weighted by Gasteiger charge is 2.58. The Balaban J connectivity index is 1.43. The molecule has 4 fully saturated rings. The zero-order valence-corrected chi connectivity index (χ0v) is 13.1. The highest BCUT2D eigenvalue weighted by atomic mass is 16.3. The Morgan fingerprint density at radius 3 is 2.48 bits per heavy atom. The van der Waals surface area contributed by atoms with E-state index in [1.54, 1.807) is 4.90 Å². The molecule has 1 unspecified atom stereocenters. The molecule has 2 atom stereocenters. The first-order chi connectivity index (χ1) is 11.1. The highest BCUT2D eigenvalue weighted by molar-refractivity contribution is 6.38. The van der Waals surface area contributed by atoms with Crippen molar-refractivity contribution in [3.05, 3.63) is 35.9 Å². The molecule has 122 valence electrons. The molecule has 0 aromatic heterocycles. The monoisotopic (exact) mass is 314 g/mol. The Labute approximate surface area is 135 Å². The number of nitrogens with zero attached hydrogens (tertiary/aromatic N) is 1. The lowest BCUT2D eigenvalue weighted by Crippen LogP contribution is -2.69. The molecule has 4 aliphatic rings. The number of aliphatic hydroxyl groups excluding tert-OH is 1. The van der Waals surface area contributed by atoms with Gasteiger partial charge in [-0.05, 0) is 43.6 Å². The Kier molecular flexibility index (Phi) is 3.50. The summed E-state index contributed by atoms with van der Waals surface area (Å²) in [6.07, 6.45) is 3.47. The van der Waals surface area contributed by atoms with Crippen LogP contribution in [0.4, 0.5) is 0 Å². The van der Waals surface area contributed by atoms with Gasteiger partial charge in [0.2, 0.25) is 5.78 Å². The number of ketones is 1. The van der Waals surface area contributed by atoms with E-state index >= 15 is 0 Å². The molecule has 1 amide bonds. The summed E-state index contributed by atoms with van der Waals surface area (Å²) < 4.78 is 0. The molecular formula is C18H22N2O3. The lowest BCUT2D eigenvalue weighted by Gasteiger charge is -2.61. The number of rotatable bonds is 5. The summed E-state index contributed by atoms with van der Waals surface area (Å²) in [5.74, 6) is -0.115. The summed E-state index contributed by atoms with van der Waals surface area (Å²) in [6, 6.07) is 9.22. The van der Waals surface area contributed by atoms with Gasteiger partial charge < -0.3 is 10.4 Å². The molecule has 1 aromatic rings. The van der Waals surface area contributed by atoms with E-state index in [1.165, 1.54) is 0 Å². The Morgan fingerprint density at radius 1 is 1.17 bits per heavy atom. The molecule has 0 spiro atoms. The van der Waals surface area contributed by atoms with Crippen LogP contribution in [0.2, 0.25) is 0 Å². The number of hydrogen-bond donors (Lipinski definition) is 2. The molecule has 3 saturated carbocycles. The van der Waals surface area contributed by atoms with E-state index in [9.17, 15) is 14.7 Å². The van der Waals surface area contributed by atoms with Gasteiger partial charge in [-0.25, -0.2) is 0 Å². The zero-order valence-electron chi connectivity index (χ0n) is 13.1. The van der Waals surface area contributed by atoms with Gasteiger partial charge in [0.15, 0.2) is 0 Å². The molecule has 0 radical (unpaired) electrons. The maximum atomic E-state index is 12.6. The molecule has 1 aromatic carbocycles. The quantitative estimate of drug-likeness (QED) is 0.802. The van der Waals surface area contributed by atoms with Crippen molar-refractivity contribution < 1.29 is 14.7 Å². The Bertz CT molecular complexity index is 613. The van der Waals surface area contributed by atoms with E-state index in [-0.39, 0.29) is 5.54 Å². The number of aliphatic hydroxyl groups is 1. The van der Waals surface area contributed by atoms with E-state index in [2.05, 4.69) is 5.32 Å². The van der Waals surface area contributed by atoms with E-state index in [4.69, 9.17) is 0 Å². The number of carbonyl (C=O) groups is 2. The van der Waals surface area contributed by atoms with Crippen LogP contribution < -0.4 is 5.32 Å². The van der Waals surface area contributed by atoms with Crippen molar-refractivity contribution >= 4 is 11.7 Å². The van der Waals surface area contributed by atoms with Gasteiger partial charge in [0, 0.05) is 12.1 Å². The minimum Gasteiger partial charge on any atom is -0.378 e. The van der Waals surface area contributed by atoms with Crippen molar-refractivity contribution in [3.63, 3.8) is 0 Å². The molecule has 5 nitrogen and oxygen atoms in total. The molecule has 23 heavy (non-hydrogen) atoms. The zero-order chi connectivity index (χ0) is 16.0. The van der Waals surface area contributed by atoms with Crippen molar-refractivity contribution in [2.45, 2.75) is 56.5 Å². The van der Waals surface area contributed by atoms with Gasteiger partial charge in [-0.15, -0.1) is 0 Å². The van der Waals surface area contributed by atoms with Gasteiger partial charge in [0.1, 0.15) is 6.23 Å². The van der Waals surface area contributed by atoms with Gasteiger partial charge >= 0.3 is 0 Å². The smallest absolute Gasteiger partial charge is 0.289 e. The second-order valence-corrected chi connectivity index (χ2v) is 7.31. The summed E-state index contributed by atoms with van der Waals surface area (Å²) in [4.78, 5) is 26.6. The van der Waals surface area contributed by atoms with Crippen molar-refractivity contribution in [2.24, 2.45) is 5.92 Å². The first-order valence-corrected chi connectivity index (χ1v) is 8.40. The van der Waals surface area contributed by atoms with E-state index in [0.717, 1.165) is 30.7 Å². The SMILES string of the molecule is O=C(NC12CC(C1)C2)C(=O)[C@H]1CCC(O)N1Cc1ccccc1. The Morgan fingerprint density at radius 2 is 1.87 bits per heavy atom. The normalized spacial score (nSPS) is 35.3. The van der Waals surface area contributed by atoms with Crippen LogP contribution in [0.15, 0.2) is 30.3 Å². The second-order valence-electron chi connectivity index (χ2n) is 7.31. The predicted molar refractivity (Wildman–Crippen MR) is 84.2 cm³/mol. The predicted octanol–water partition coefficient (Wildman–Crippen LogP) is 1.21. The van der Waals surface area contributed by atoms with E-state index in [0.29, 0.717) is 19.4 Å². The van der Waals surface area contributed by atoms with Gasteiger partial charge in [-0.2, -0.15) is 0 Å². The molecule has 1 saturated heterocycles. The maximum Gasteiger partial charge on any atom is 0.289 e. The fraction of sp³-hybridized carbons (Fsp3) is 0.556. The fourth-order valence-corrected chi connectivity index (χ4v) is 4.22. The number of nitrogens with one attached hydrogen (secondary N) is 1. The molecule has 2 N–H and O–H groups in total. The number of amides is 1. The Hall–Kier alpha value is -1.72. The summed E-state index contributed by atoms with van der Waals surface area (Å²) in [5, 5.41) is 13.1. The third-order valence-corrected chi connectivity index (χ3v) is 5.63. The topological polar surface area (TPSA) is 69.6 Å². The number of benzene rings is 1. The number of hydrogen-bond acceptors (Lipinski definition) is 4. The first kappa shape index (κ1) is 14.8. The van der Waals surface area contributed by atoms with Gasteiger partial charge in [0.05, 0.1) is 6.04 Å². The van der Waals surface area contributed by atoms with E-state index in [1.807, 2.05) is 30.3 Å². The van der Waals surface area contributed by atoms with Crippen molar-refractivity contribution in [1.29, 1.82) is 0 Å². The molecule has 5 heteroatoms. The van der Waals surface area contributed by atoms with Crippen LogP contribution in [-0.2, 0) is 16.1 Å². The highest BCUT2D eigenvalue weighted by Crippen LogP contribution is 2.56. The van der Waals surface area contributed by atoms with Crippen LogP contribution >= 0.6 is 0 Å². The van der Waals surface area contributed by atoms with Gasteiger partial charge in [-0.1, -0.05) is 30.3 Å². The molecule has 1 aliphatic heterocycles. The van der Waals surface area contributed by atoms with Crippen LogP contribution in [0.1, 0.15) is 37.7 Å². The average molecular weight is 314 g/mol. The standard InChI is InChI=1S/C18H22N2O3/c21-15-7-6-14(20(15)11-12-4-2-1-3-5-12)16(22)17(23)19-18-8-13(9-18)10-18/h1-5,13-15,21H,6-11H2,(H,19,23)/t13?,14-,15?,18?/m1/s1. The lowest BCUT2D eigenvalue weighted by atomic mass is 9.50. The largest absolute Gasteiger partial charge is 0.378 e. The maximum absolute atomic E-state index is 12.6. The lowest BCUT2D eigenvalue weighted by molar-refractivity contribution is -0.148. The van der Waals surface area contributed by atoms with Crippen LogP contribution in [0, 0.1) is 5.92 Å². The number of Topliss-reactive ketones (excluding diaryl/α,β-unsaturated/α-hetero) is 1. The molecule has 5 rings (SSSR count). The summed E-state index contributed by atoms with van der Waals surface area (Å²) in [7, 11) is 0. The minimum absolute atomic E-state index is 0.0844. The number of carbonyl (C=O) groups excluding carboxylic acids is 2. The second kappa shape index (κ2) is 5.42. The van der Waals surface area contributed by atoms with Crippen LogP contribution in [0.5, 0.6) is 0 Å². The minimum atomic E-state index is -0.660.